The van der Waals surface area contributed by atoms with E-state index in [0.29, 0.717) is 0 Å². The Labute approximate surface area is 193 Å². The molecule has 0 amide bonds. The number of nitrogen functional groups attached to an aromatic ring is 1. The fraction of sp³-hybridized carbons (Fsp3) is 0.136. The van der Waals surface area contributed by atoms with Crippen LogP contribution in [0.3, 0.4) is 0 Å². The first-order chi connectivity index (χ1) is 16.5. The topological polar surface area (TPSA) is 149 Å². The van der Waals surface area contributed by atoms with Crippen LogP contribution in [0.1, 0.15) is 0 Å². The highest BCUT2D eigenvalue weighted by Gasteiger charge is 2.81. The monoisotopic (exact) mass is 458 g/mol. The van der Waals surface area contributed by atoms with Crippen LogP contribution in [0.2, 0.25) is 0 Å². The molecule has 5 rings (SSSR count). The maximum Gasteiger partial charge on any atom is 0.334 e. The summed E-state index contributed by atoms with van der Waals surface area (Å²) in [4.78, 5) is 28.0. The van der Waals surface area contributed by atoms with Crippen molar-refractivity contribution in [2.45, 2.75) is 18.0 Å². The summed E-state index contributed by atoms with van der Waals surface area (Å²) < 4.78 is 24.9. The van der Waals surface area contributed by atoms with Gasteiger partial charge >= 0.3 is 5.79 Å². The van der Waals surface area contributed by atoms with Crippen molar-refractivity contribution in [1.82, 2.24) is 0 Å². The normalized spacial score (nSPS) is 22.4. The van der Waals surface area contributed by atoms with E-state index in [-0.39, 0.29) is 68.5 Å². The number of ether oxygens (including phenoxy) is 4. The van der Waals surface area contributed by atoms with E-state index in [2.05, 4.69) is 82.0 Å². The van der Waals surface area contributed by atoms with Gasteiger partial charge in [-0.05, 0) is 47.0 Å². The summed E-state index contributed by atoms with van der Waals surface area (Å²) in [6.07, 6.45) is -1.44. The Balaban J connectivity index is 1.70. The number of nitrogens with zero attached hydrogens (tertiary/aromatic N) is 7. The molecule has 3 unspecified atom stereocenters. The Hall–Kier alpha value is -4.87. The predicted molar refractivity (Wildman–Crippen MR) is 135 cm³/mol. The van der Waals surface area contributed by atoms with Gasteiger partial charge in [0.25, 0.3) is 0 Å². The minimum Gasteiger partial charge on any atom is -0.471 e. The molecule has 170 valence electrons. The molecule has 0 radical (unpaired) electrons. The van der Waals surface area contributed by atoms with Crippen molar-refractivity contribution in [3.63, 3.8) is 0 Å². The molecule has 3 aliphatic rings. The third-order valence-corrected chi connectivity index (χ3v) is 5.76. The molecule has 0 aromatic heterocycles. The third-order valence-electron chi connectivity index (χ3n) is 5.76. The summed E-state index contributed by atoms with van der Waals surface area (Å²) in [5.74, 6) is -0.692. The number of fused-ring (bicyclic) bond motifs is 3. The molecular weight excluding hydrogens is 440 g/mol. The summed E-state index contributed by atoms with van der Waals surface area (Å²) in [5, 5.41) is 0. The SMILES string of the molecule is C=Nc1c(N)c2c(c(N=C)c1N=C)OC13Oc4c(N=C)c(N=C)c(N=C)c(N=C)c4OC1C3O2. The van der Waals surface area contributed by atoms with Gasteiger partial charge in [-0.2, -0.15) is 0 Å². The van der Waals surface area contributed by atoms with Crippen LogP contribution in [-0.4, -0.2) is 65.0 Å². The standard InChI is InChI=1S/C22H18N8O4/c1-24-9-8(23)16-18(14(29-6)10(9)25-2)33-22-20(31-16)21(22)32-17-13(28-5)11(26-3)12(27-4)15(30-7)19(17)34-22/h20-21H,1-7,23H2. The number of aliphatic imine (C=N–C) groups is 7. The van der Waals surface area contributed by atoms with Gasteiger partial charge in [0.15, 0.2) is 23.0 Å². The quantitative estimate of drug-likeness (QED) is 0.485. The lowest BCUT2D eigenvalue weighted by molar-refractivity contribution is -0.0901. The van der Waals surface area contributed by atoms with Crippen LogP contribution in [0.15, 0.2) is 34.9 Å². The van der Waals surface area contributed by atoms with Crippen LogP contribution in [0.25, 0.3) is 0 Å². The second kappa shape index (κ2) is 7.07. The molecule has 2 aliphatic heterocycles. The van der Waals surface area contributed by atoms with Gasteiger partial charge in [0.05, 0.1) is 0 Å². The predicted octanol–water partition coefficient (Wildman–Crippen LogP) is 4.28. The van der Waals surface area contributed by atoms with Gasteiger partial charge < -0.3 is 24.7 Å². The average molecular weight is 458 g/mol. The number of hydrogen-bond donors (Lipinski definition) is 1. The van der Waals surface area contributed by atoms with E-state index in [1.165, 1.54) is 0 Å². The Morgan fingerprint density at radius 2 is 0.853 bits per heavy atom. The minimum atomic E-state index is -1.40. The van der Waals surface area contributed by atoms with Gasteiger partial charge in [-0.3, -0.25) is 34.9 Å². The van der Waals surface area contributed by atoms with Crippen LogP contribution < -0.4 is 24.7 Å². The molecule has 2 heterocycles. The number of benzene rings is 2. The highest BCUT2D eigenvalue weighted by atomic mass is 16.8. The maximum atomic E-state index is 6.30. The number of nitrogens with two attached hydrogens (primary N) is 1. The summed E-state index contributed by atoms with van der Waals surface area (Å²) in [7, 11) is 0. The van der Waals surface area contributed by atoms with E-state index in [1.807, 2.05) is 0 Å². The fourth-order valence-electron chi connectivity index (χ4n) is 4.20. The molecular formula is C22H18N8O4. The van der Waals surface area contributed by atoms with Gasteiger partial charge in [-0.1, -0.05) is 0 Å². The maximum absolute atomic E-state index is 6.30. The van der Waals surface area contributed by atoms with Crippen LogP contribution in [0, 0.1) is 0 Å². The van der Waals surface area contributed by atoms with E-state index < -0.39 is 18.0 Å². The van der Waals surface area contributed by atoms with Gasteiger partial charge in [-0.15, -0.1) is 0 Å². The van der Waals surface area contributed by atoms with E-state index in [9.17, 15) is 0 Å². The first kappa shape index (κ1) is 21.0. The first-order valence-electron chi connectivity index (χ1n) is 9.67. The molecule has 3 atom stereocenters. The zero-order valence-electron chi connectivity index (χ0n) is 17.9. The molecule has 1 spiro atoms. The zero-order valence-corrected chi connectivity index (χ0v) is 17.9. The number of hydrogen-bond acceptors (Lipinski definition) is 12. The van der Waals surface area contributed by atoms with Gasteiger partial charge in [0.1, 0.15) is 45.5 Å². The molecule has 34 heavy (non-hydrogen) atoms. The van der Waals surface area contributed by atoms with Gasteiger partial charge in [-0.25, -0.2) is 0 Å². The second-order valence-corrected chi connectivity index (χ2v) is 7.28. The second-order valence-electron chi connectivity index (χ2n) is 7.28. The van der Waals surface area contributed by atoms with Crippen molar-refractivity contribution in [1.29, 1.82) is 0 Å². The molecule has 0 bridgehead atoms. The highest BCUT2D eigenvalue weighted by molar-refractivity contribution is 5.98. The Bertz CT molecular complexity index is 1380. The molecule has 2 aromatic rings. The molecule has 0 saturated heterocycles. The fourth-order valence-corrected chi connectivity index (χ4v) is 4.20. The van der Waals surface area contributed by atoms with E-state index in [1.54, 1.807) is 0 Å². The molecule has 12 heteroatoms. The summed E-state index contributed by atoms with van der Waals surface area (Å²) >= 11 is 0. The number of anilines is 1. The third kappa shape index (κ3) is 2.33. The summed E-state index contributed by atoms with van der Waals surface area (Å²) in [6.45, 7) is 25.0. The lowest BCUT2D eigenvalue weighted by Gasteiger charge is -2.31. The van der Waals surface area contributed by atoms with E-state index in [0.717, 1.165) is 0 Å². The van der Waals surface area contributed by atoms with Crippen LogP contribution in [-0.2, 0) is 0 Å². The molecule has 1 saturated carbocycles. The Morgan fingerprint density at radius 1 is 0.500 bits per heavy atom. The van der Waals surface area contributed by atoms with Crippen molar-refractivity contribution >= 4 is 92.5 Å². The van der Waals surface area contributed by atoms with Crippen LogP contribution in [0.4, 0.5) is 45.5 Å². The highest BCUT2D eigenvalue weighted by Crippen LogP contribution is 2.68. The molecule has 2 aromatic carbocycles. The van der Waals surface area contributed by atoms with Crippen molar-refractivity contribution < 1.29 is 18.9 Å². The van der Waals surface area contributed by atoms with Crippen molar-refractivity contribution in [2.75, 3.05) is 5.73 Å². The first-order valence-corrected chi connectivity index (χ1v) is 9.67. The van der Waals surface area contributed by atoms with Crippen molar-refractivity contribution in [2.24, 2.45) is 34.9 Å². The smallest absolute Gasteiger partial charge is 0.334 e. The Kier molecular flexibility index (Phi) is 4.36. The van der Waals surface area contributed by atoms with Crippen molar-refractivity contribution in [3.05, 3.63) is 0 Å². The largest absolute Gasteiger partial charge is 0.471 e. The lowest BCUT2D eigenvalue weighted by Crippen LogP contribution is -2.39. The minimum absolute atomic E-state index is 0.147. The number of rotatable bonds is 7. The summed E-state index contributed by atoms with van der Waals surface area (Å²) in [6, 6.07) is 0. The van der Waals surface area contributed by atoms with Gasteiger partial charge in [0.2, 0.25) is 12.2 Å². The van der Waals surface area contributed by atoms with Crippen molar-refractivity contribution in [3.8, 4) is 23.0 Å². The molecule has 1 aliphatic carbocycles. The van der Waals surface area contributed by atoms with Crippen LogP contribution in [0.5, 0.6) is 23.0 Å². The lowest BCUT2D eigenvalue weighted by atomic mass is 10.1. The van der Waals surface area contributed by atoms with Crippen LogP contribution >= 0.6 is 0 Å². The average Bonchev–Trinajstić information content (AvgIpc) is 3.50. The summed E-state index contributed by atoms with van der Waals surface area (Å²) in [5.41, 5.74) is 8.10. The molecule has 2 N–H and O–H groups in total. The Morgan fingerprint density at radius 3 is 1.29 bits per heavy atom. The zero-order chi connectivity index (χ0) is 24.4. The molecule has 12 nitrogen and oxygen atoms in total. The van der Waals surface area contributed by atoms with E-state index >= 15 is 0 Å². The van der Waals surface area contributed by atoms with Gasteiger partial charge in [0, 0.05) is 0 Å². The van der Waals surface area contributed by atoms with E-state index in [4.69, 9.17) is 24.7 Å². The molecule has 1 fully saturated rings.